The fourth-order valence-corrected chi connectivity index (χ4v) is 3.22. The van der Waals surface area contributed by atoms with Crippen LogP contribution >= 0.6 is 28.3 Å². The summed E-state index contributed by atoms with van der Waals surface area (Å²) < 4.78 is 25.0. The number of rotatable bonds is 8. The Labute approximate surface area is 146 Å². The maximum absolute atomic E-state index is 12.1. The van der Waals surface area contributed by atoms with Crippen LogP contribution in [0.15, 0.2) is 33.6 Å². The van der Waals surface area contributed by atoms with Gasteiger partial charge < -0.3 is 11.1 Å². The van der Waals surface area contributed by atoms with Gasteiger partial charge in [-0.2, -0.15) is 0 Å². The molecular weight excluding hydrogens is 392 g/mol. The number of sulfone groups is 1. The van der Waals surface area contributed by atoms with Crippen molar-refractivity contribution in [2.24, 2.45) is 11.7 Å². The first-order valence-corrected chi connectivity index (χ1v) is 9.25. The van der Waals surface area contributed by atoms with Crippen molar-refractivity contribution < 1.29 is 13.2 Å². The van der Waals surface area contributed by atoms with Crippen LogP contribution in [-0.4, -0.2) is 33.2 Å². The second-order valence-electron chi connectivity index (χ2n) is 5.02. The van der Waals surface area contributed by atoms with E-state index in [1.165, 1.54) is 0 Å². The van der Waals surface area contributed by atoms with Crippen molar-refractivity contribution in [1.82, 2.24) is 5.32 Å². The smallest absolute Gasteiger partial charge is 0.220 e. The third kappa shape index (κ3) is 7.58. The predicted molar refractivity (Wildman–Crippen MR) is 93.9 cm³/mol. The van der Waals surface area contributed by atoms with E-state index in [-0.39, 0.29) is 41.3 Å². The van der Waals surface area contributed by atoms with Gasteiger partial charge in [0.05, 0.1) is 10.6 Å². The Morgan fingerprint density at radius 2 is 1.91 bits per heavy atom. The number of hydrogen-bond acceptors (Lipinski definition) is 4. The second kappa shape index (κ2) is 10.2. The molecule has 1 atom stereocenters. The molecule has 126 valence electrons. The molecule has 1 aromatic rings. The van der Waals surface area contributed by atoms with Gasteiger partial charge in [0, 0.05) is 17.4 Å². The van der Waals surface area contributed by atoms with Crippen molar-refractivity contribution in [1.29, 1.82) is 0 Å². The van der Waals surface area contributed by atoms with Gasteiger partial charge >= 0.3 is 0 Å². The van der Waals surface area contributed by atoms with Crippen LogP contribution < -0.4 is 11.1 Å². The third-order valence-electron chi connectivity index (χ3n) is 3.04. The lowest BCUT2D eigenvalue weighted by atomic mass is 10.2. The maximum Gasteiger partial charge on any atom is 0.220 e. The molecule has 0 fully saturated rings. The number of benzene rings is 1. The van der Waals surface area contributed by atoms with E-state index in [0.29, 0.717) is 19.5 Å². The Kier molecular flexibility index (Phi) is 9.91. The predicted octanol–water partition coefficient (Wildman–Crippen LogP) is 2.14. The monoisotopic (exact) mass is 412 g/mol. The summed E-state index contributed by atoms with van der Waals surface area (Å²) in [5.41, 5.74) is 5.46. The van der Waals surface area contributed by atoms with E-state index in [0.717, 1.165) is 4.47 Å². The number of nitrogens with one attached hydrogen (secondary N) is 1. The molecule has 0 aromatic heterocycles. The number of halogens is 2. The number of carbonyl (C=O) groups is 1. The zero-order valence-electron chi connectivity index (χ0n) is 12.4. The van der Waals surface area contributed by atoms with Gasteiger partial charge in [-0.3, -0.25) is 4.79 Å². The van der Waals surface area contributed by atoms with Gasteiger partial charge in [-0.15, -0.1) is 12.4 Å². The zero-order valence-corrected chi connectivity index (χ0v) is 15.6. The second-order valence-corrected chi connectivity index (χ2v) is 8.05. The van der Waals surface area contributed by atoms with Crippen LogP contribution in [0.1, 0.15) is 19.8 Å². The van der Waals surface area contributed by atoms with Gasteiger partial charge in [-0.1, -0.05) is 22.9 Å². The highest BCUT2D eigenvalue weighted by Crippen LogP contribution is 2.16. The number of hydrogen-bond donors (Lipinski definition) is 2. The summed E-state index contributed by atoms with van der Waals surface area (Å²) in [5, 5.41) is 2.75. The number of carbonyl (C=O) groups excluding carboxylic acids is 1. The zero-order chi connectivity index (χ0) is 15.9. The molecule has 0 radical (unpaired) electrons. The average Bonchev–Trinajstić information content (AvgIpc) is 2.45. The van der Waals surface area contributed by atoms with E-state index in [1.54, 1.807) is 24.3 Å². The lowest BCUT2D eigenvalue weighted by Gasteiger charge is -2.10. The van der Waals surface area contributed by atoms with Crippen molar-refractivity contribution >= 4 is 44.1 Å². The van der Waals surface area contributed by atoms with E-state index in [2.05, 4.69) is 21.2 Å². The molecule has 22 heavy (non-hydrogen) atoms. The lowest BCUT2D eigenvalue weighted by molar-refractivity contribution is -0.121. The molecule has 8 heteroatoms. The summed E-state index contributed by atoms with van der Waals surface area (Å²) in [7, 11) is -3.33. The summed E-state index contributed by atoms with van der Waals surface area (Å²) in [6, 6.07) is 6.49. The molecule has 5 nitrogen and oxygen atoms in total. The third-order valence-corrected chi connectivity index (χ3v) is 5.38. The molecule has 0 aliphatic heterocycles. The summed E-state index contributed by atoms with van der Waals surface area (Å²) in [6.45, 7) is 2.98. The molecule has 0 heterocycles. The Morgan fingerprint density at radius 3 is 2.45 bits per heavy atom. The van der Waals surface area contributed by atoms with Gasteiger partial charge in [0.25, 0.3) is 0 Å². The van der Waals surface area contributed by atoms with E-state index >= 15 is 0 Å². The first-order chi connectivity index (χ1) is 9.85. The minimum absolute atomic E-state index is 0. The van der Waals surface area contributed by atoms with Crippen molar-refractivity contribution in [2.75, 3.05) is 18.8 Å². The molecule has 0 saturated heterocycles. The van der Waals surface area contributed by atoms with Gasteiger partial charge in [-0.05, 0) is 43.1 Å². The Hall–Kier alpha value is -0.630. The molecule has 1 unspecified atom stereocenters. The molecule has 0 aliphatic carbocycles. The standard InChI is InChI=1S/C14H21BrN2O3S.ClH/c1-11(9-16)10-17-14(18)3-2-8-21(19,20)13-6-4-12(15)5-7-13;/h4-7,11H,2-3,8-10,16H2,1H3,(H,17,18);1H. The summed E-state index contributed by atoms with van der Waals surface area (Å²) in [5.74, 6) is 0.0517. The minimum atomic E-state index is -3.33. The quantitative estimate of drug-likeness (QED) is 0.683. The largest absolute Gasteiger partial charge is 0.356 e. The Bertz CT molecular complexity index is 564. The fraction of sp³-hybridized carbons (Fsp3) is 0.500. The fourth-order valence-electron chi connectivity index (χ4n) is 1.64. The van der Waals surface area contributed by atoms with E-state index in [1.807, 2.05) is 6.92 Å². The Balaban J connectivity index is 0.00000441. The summed E-state index contributed by atoms with van der Waals surface area (Å²) in [6.07, 6.45) is 0.508. The van der Waals surface area contributed by atoms with Gasteiger partial charge in [-0.25, -0.2) is 8.42 Å². The Morgan fingerprint density at radius 1 is 1.32 bits per heavy atom. The van der Waals surface area contributed by atoms with Crippen LogP contribution in [0.2, 0.25) is 0 Å². The topological polar surface area (TPSA) is 89.3 Å². The van der Waals surface area contributed by atoms with Crippen LogP contribution in [0, 0.1) is 5.92 Å². The van der Waals surface area contributed by atoms with Crippen molar-refractivity contribution in [2.45, 2.75) is 24.7 Å². The molecule has 0 spiro atoms. The molecule has 1 rings (SSSR count). The SMILES string of the molecule is CC(CN)CNC(=O)CCCS(=O)(=O)c1ccc(Br)cc1.Cl. The summed E-state index contributed by atoms with van der Waals surface area (Å²) >= 11 is 3.26. The van der Waals surface area contributed by atoms with Crippen LogP contribution in [0.5, 0.6) is 0 Å². The molecule has 0 saturated carbocycles. The van der Waals surface area contributed by atoms with Crippen LogP contribution in [0.3, 0.4) is 0 Å². The normalized spacial score (nSPS) is 12.3. The summed E-state index contributed by atoms with van der Waals surface area (Å²) in [4.78, 5) is 11.9. The lowest BCUT2D eigenvalue weighted by Crippen LogP contribution is -2.31. The van der Waals surface area contributed by atoms with Crippen molar-refractivity contribution in [3.8, 4) is 0 Å². The number of nitrogens with two attached hydrogens (primary N) is 1. The highest BCUT2D eigenvalue weighted by atomic mass is 79.9. The highest BCUT2D eigenvalue weighted by Gasteiger charge is 2.15. The van der Waals surface area contributed by atoms with Crippen molar-refractivity contribution in [3.05, 3.63) is 28.7 Å². The molecule has 0 bridgehead atoms. The molecule has 1 aromatic carbocycles. The van der Waals surface area contributed by atoms with Gasteiger partial charge in [0.15, 0.2) is 9.84 Å². The molecular formula is C14H22BrClN2O3S. The first kappa shape index (κ1) is 21.4. The molecule has 1 amide bonds. The van der Waals surface area contributed by atoms with E-state index in [4.69, 9.17) is 5.73 Å². The molecule has 0 aliphatic rings. The van der Waals surface area contributed by atoms with Crippen LogP contribution in [0.25, 0.3) is 0 Å². The minimum Gasteiger partial charge on any atom is -0.356 e. The van der Waals surface area contributed by atoms with E-state index < -0.39 is 9.84 Å². The average molecular weight is 414 g/mol. The van der Waals surface area contributed by atoms with Gasteiger partial charge in [0.1, 0.15) is 0 Å². The van der Waals surface area contributed by atoms with Crippen LogP contribution in [0.4, 0.5) is 0 Å². The van der Waals surface area contributed by atoms with E-state index in [9.17, 15) is 13.2 Å². The molecule has 3 N–H and O–H groups in total. The van der Waals surface area contributed by atoms with Crippen LogP contribution in [-0.2, 0) is 14.6 Å². The highest BCUT2D eigenvalue weighted by molar-refractivity contribution is 9.10. The number of amides is 1. The van der Waals surface area contributed by atoms with Crippen molar-refractivity contribution in [3.63, 3.8) is 0 Å². The maximum atomic E-state index is 12.1. The van der Waals surface area contributed by atoms with Gasteiger partial charge in [0.2, 0.25) is 5.91 Å². The first-order valence-electron chi connectivity index (χ1n) is 6.80.